The molecule has 0 unspecified atom stereocenters. The predicted octanol–water partition coefficient (Wildman–Crippen LogP) is 4.13. The highest BCUT2D eigenvalue weighted by molar-refractivity contribution is 5.97. The molecule has 0 aliphatic carbocycles. The van der Waals surface area contributed by atoms with E-state index in [4.69, 9.17) is 0 Å². The summed E-state index contributed by atoms with van der Waals surface area (Å²) in [4.78, 5) is 35.5. The number of nitrogens with one attached hydrogen (secondary N) is 4. The lowest BCUT2D eigenvalue weighted by Crippen LogP contribution is -2.22. The van der Waals surface area contributed by atoms with Gasteiger partial charge in [-0.2, -0.15) is 0 Å². The van der Waals surface area contributed by atoms with E-state index in [2.05, 4.69) is 21.3 Å². The lowest BCUT2D eigenvalue weighted by Gasteiger charge is -2.14. The summed E-state index contributed by atoms with van der Waals surface area (Å²) in [5.41, 5.74) is 3.63. The molecule has 0 aliphatic rings. The lowest BCUT2D eigenvalue weighted by molar-refractivity contribution is -0.116. The molecule has 29 heavy (non-hydrogen) atoms. The molecule has 0 spiro atoms. The van der Waals surface area contributed by atoms with Crippen molar-refractivity contribution in [3.8, 4) is 0 Å². The molecule has 7 heteroatoms. The Hall–Kier alpha value is -3.35. The highest BCUT2D eigenvalue weighted by Gasteiger charge is 2.09. The fraction of sp³-hybridized carbons (Fsp3) is 0.318. The molecular formula is C22H28N4O3. The molecule has 2 rings (SSSR count). The van der Waals surface area contributed by atoms with E-state index < -0.39 is 0 Å². The highest BCUT2D eigenvalue weighted by atomic mass is 16.2. The van der Waals surface area contributed by atoms with Crippen molar-refractivity contribution < 1.29 is 14.4 Å². The van der Waals surface area contributed by atoms with Gasteiger partial charge in [-0.1, -0.05) is 19.9 Å². The number of hydrogen-bond donors (Lipinski definition) is 4. The van der Waals surface area contributed by atoms with Gasteiger partial charge in [0.25, 0.3) is 0 Å². The Morgan fingerprint density at radius 2 is 1.34 bits per heavy atom. The molecule has 0 bridgehead atoms. The van der Waals surface area contributed by atoms with Crippen LogP contribution in [0.2, 0.25) is 0 Å². The Kier molecular flexibility index (Phi) is 8.21. The van der Waals surface area contributed by atoms with Crippen molar-refractivity contribution in [2.24, 2.45) is 0 Å². The minimum absolute atomic E-state index is 0.0136. The molecule has 0 saturated heterocycles. The molecule has 3 amide bonds. The molecule has 0 radical (unpaired) electrons. The van der Waals surface area contributed by atoms with E-state index in [1.165, 1.54) is 0 Å². The van der Waals surface area contributed by atoms with E-state index in [-0.39, 0.29) is 24.3 Å². The number of carbonyl (C=O) groups excluding carboxylic acids is 3. The van der Waals surface area contributed by atoms with Crippen molar-refractivity contribution in [3.05, 3.63) is 48.0 Å². The van der Waals surface area contributed by atoms with Gasteiger partial charge < -0.3 is 21.3 Å². The topological polar surface area (TPSA) is 99.3 Å². The largest absolute Gasteiger partial charge is 0.376 e. The minimum Gasteiger partial charge on any atom is -0.376 e. The normalized spacial score (nSPS) is 10.2. The molecule has 7 nitrogen and oxygen atoms in total. The summed E-state index contributed by atoms with van der Waals surface area (Å²) in [5, 5.41) is 11.5. The first-order chi connectivity index (χ1) is 13.9. The van der Waals surface area contributed by atoms with Crippen LogP contribution >= 0.6 is 0 Å². The zero-order valence-corrected chi connectivity index (χ0v) is 17.1. The number of benzene rings is 2. The van der Waals surface area contributed by atoms with Crippen LogP contribution in [-0.2, 0) is 14.4 Å². The first-order valence-electron chi connectivity index (χ1n) is 9.76. The van der Waals surface area contributed by atoms with Crippen LogP contribution in [0.25, 0.3) is 0 Å². The molecule has 4 N–H and O–H groups in total. The van der Waals surface area contributed by atoms with Crippen molar-refractivity contribution in [1.82, 2.24) is 0 Å². The SMILES string of the molecule is CCCC(=O)Nc1ccc(NCC(=O)Nc2cccc(NC(=O)CC)c2C)cc1. The number of hydrogen-bond acceptors (Lipinski definition) is 4. The Balaban J connectivity index is 1.89. The summed E-state index contributed by atoms with van der Waals surface area (Å²) in [7, 11) is 0. The van der Waals surface area contributed by atoms with E-state index in [0.717, 1.165) is 23.4 Å². The summed E-state index contributed by atoms with van der Waals surface area (Å²) in [6.45, 7) is 5.68. The average Bonchev–Trinajstić information content (AvgIpc) is 2.70. The Labute approximate surface area is 171 Å². The van der Waals surface area contributed by atoms with Crippen LogP contribution < -0.4 is 21.3 Å². The van der Waals surface area contributed by atoms with Gasteiger partial charge in [-0.15, -0.1) is 0 Å². The van der Waals surface area contributed by atoms with Gasteiger partial charge in [0.15, 0.2) is 0 Å². The summed E-state index contributed by atoms with van der Waals surface area (Å²) in [6, 6.07) is 12.6. The Bertz CT molecular complexity index is 863. The summed E-state index contributed by atoms with van der Waals surface area (Å²) >= 11 is 0. The molecule has 0 saturated carbocycles. The number of carbonyl (C=O) groups is 3. The fourth-order valence-corrected chi connectivity index (χ4v) is 2.64. The van der Waals surface area contributed by atoms with E-state index in [0.29, 0.717) is 24.2 Å². The number of rotatable bonds is 9. The van der Waals surface area contributed by atoms with Gasteiger partial charge in [-0.05, 0) is 55.3 Å². The van der Waals surface area contributed by atoms with Gasteiger partial charge in [0, 0.05) is 35.6 Å². The Morgan fingerprint density at radius 3 is 1.93 bits per heavy atom. The molecule has 154 valence electrons. The van der Waals surface area contributed by atoms with Crippen LogP contribution in [0, 0.1) is 6.92 Å². The van der Waals surface area contributed by atoms with Crippen molar-refractivity contribution >= 4 is 40.5 Å². The molecule has 2 aromatic carbocycles. The average molecular weight is 396 g/mol. The molecule has 0 heterocycles. The first kappa shape index (κ1) is 21.9. The maximum atomic E-state index is 12.3. The molecule has 0 fully saturated rings. The van der Waals surface area contributed by atoms with Gasteiger partial charge >= 0.3 is 0 Å². The molecule has 2 aromatic rings. The smallest absolute Gasteiger partial charge is 0.243 e. The van der Waals surface area contributed by atoms with Gasteiger partial charge in [0.1, 0.15) is 0 Å². The second kappa shape index (κ2) is 10.8. The fourth-order valence-electron chi connectivity index (χ4n) is 2.64. The standard InChI is InChI=1S/C22H28N4O3/c1-4-7-21(28)24-17-12-10-16(11-13-17)23-14-22(29)26-19-9-6-8-18(15(19)3)25-20(27)5-2/h6,8-13,23H,4-5,7,14H2,1-3H3,(H,24,28)(H,25,27)(H,26,29). The van der Waals surface area contributed by atoms with Gasteiger partial charge in [0.2, 0.25) is 17.7 Å². The first-order valence-corrected chi connectivity index (χ1v) is 9.76. The maximum absolute atomic E-state index is 12.3. The van der Waals surface area contributed by atoms with Crippen molar-refractivity contribution in [3.63, 3.8) is 0 Å². The van der Waals surface area contributed by atoms with Crippen LogP contribution in [0.5, 0.6) is 0 Å². The minimum atomic E-state index is -0.201. The second-order valence-corrected chi connectivity index (χ2v) is 6.66. The zero-order chi connectivity index (χ0) is 21.2. The lowest BCUT2D eigenvalue weighted by atomic mass is 10.1. The zero-order valence-electron chi connectivity index (χ0n) is 17.1. The quantitative estimate of drug-likeness (QED) is 0.512. The second-order valence-electron chi connectivity index (χ2n) is 6.66. The van der Waals surface area contributed by atoms with Crippen LogP contribution in [0.3, 0.4) is 0 Å². The van der Waals surface area contributed by atoms with Crippen LogP contribution in [0.15, 0.2) is 42.5 Å². The summed E-state index contributed by atoms with van der Waals surface area (Å²) in [5.74, 6) is -0.291. The monoisotopic (exact) mass is 396 g/mol. The van der Waals surface area contributed by atoms with Crippen molar-refractivity contribution in [1.29, 1.82) is 0 Å². The van der Waals surface area contributed by atoms with E-state index in [1.807, 2.05) is 13.8 Å². The highest BCUT2D eigenvalue weighted by Crippen LogP contribution is 2.23. The van der Waals surface area contributed by atoms with Gasteiger partial charge in [-0.25, -0.2) is 0 Å². The summed E-state index contributed by atoms with van der Waals surface area (Å²) < 4.78 is 0. The van der Waals surface area contributed by atoms with E-state index >= 15 is 0 Å². The molecular weight excluding hydrogens is 368 g/mol. The number of amides is 3. The molecule has 0 aliphatic heterocycles. The third kappa shape index (κ3) is 6.95. The van der Waals surface area contributed by atoms with E-state index in [1.54, 1.807) is 49.4 Å². The maximum Gasteiger partial charge on any atom is 0.243 e. The Morgan fingerprint density at radius 1 is 0.759 bits per heavy atom. The van der Waals surface area contributed by atoms with Crippen LogP contribution in [0.4, 0.5) is 22.7 Å². The summed E-state index contributed by atoms with van der Waals surface area (Å²) in [6.07, 6.45) is 1.68. The predicted molar refractivity (Wildman–Crippen MR) is 117 cm³/mol. The van der Waals surface area contributed by atoms with Gasteiger partial charge in [-0.3, -0.25) is 14.4 Å². The van der Waals surface area contributed by atoms with Gasteiger partial charge in [0.05, 0.1) is 6.54 Å². The van der Waals surface area contributed by atoms with Crippen molar-refractivity contribution in [2.75, 3.05) is 27.8 Å². The third-order valence-corrected chi connectivity index (χ3v) is 4.30. The molecule has 0 aromatic heterocycles. The van der Waals surface area contributed by atoms with Crippen LogP contribution in [-0.4, -0.2) is 24.3 Å². The van der Waals surface area contributed by atoms with E-state index in [9.17, 15) is 14.4 Å². The van der Waals surface area contributed by atoms with Crippen molar-refractivity contribution in [2.45, 2.75) is 40.0 Å². The third-order valence-electron chi connectivity index (χ3n) is 4.30. The number of anilines is 4. The molecule has 0 atom stereocenters. The van der Waals surface area contributed by atoms with Crippen LogP contribution in [0.1, 0.15) is 38.7 Å².